The average molecular weight is 475 g/mol. The van der Waals surface area contributed by atoms with Crippen molar-refractivity contribution >= 4 is 47.2 Å². The molecule has 0 atom stereocenters. The number of carbonyl (C=O) groups is 4. The van der Waals surface area contributed by atoms with E-state index in [9.17, 15) is 19.2 Å². The van der Waals surface area contributed by atoms with Crippen molar-refractivity contribution in [3.63, 3.8) is 0 Å². The summed E-state index contributed by atoms with van der Waals surface area (Å²) in [6.07, 6.45) is 2.15. The Morgan fingerprint density at radius 1 is 1.00 bits per heavy atom. The summed E-state index contributed by atoms with van der Waals surface area (Å²) in [5.41, 5.74) is 1.93. The molecule has 4 rings (SSSR count). The molecular weight excluding hydrogens is 456 g/mol. The second-order valence-electron chi connectivity index (χ2n) is 7.45. The lowest BCUT2D eigenvalue weighted by molar-refractivity contribution is -0.122. The predicted molar refractivity (Wildman–Crippen MR) is 128 cm³/mol. The van der Waals surface area contributed by atoms with Gasteiger partial charge in [0.25, 0.3) is 11.8 Å². The Hall–Kier alpha value is -4.23. The first-order chi connectivity index (χ1) is 16.4. The lowest BCUT2D eigenvalue weighted by Gasteiger charge is -2.26. The van der Waals surface area contributed by atoms with Gasteiger partial charge in [0, 0.05) is 5.02 Å². The maximum absolute atomic E-state index is 13.1. The van der Waals surface area contributed by atoms with Crippen LogP contribution >= 0.6 is 11.6 Å². The number of amides is 4. The Labute approximate surface area is 200 Å². The Morgan fingerprint density at radius 3 is 2.38 bits per heavy atom. The standard InChI is InChI=1S/C26H19ClN2O5/c1-2-16-6-12-20(13-7-16)29-24(31)22(23(30)28-26(29)33)15-17-4-3-5-21(14-17)34-25(32)18-8-10-19(27)11-9-18/h3-15H,2H2,1H3,(H,28,30,33). The molecule has 7 nitrogen and oxygen atoms in total. The normalized spacial score (nSPS) is 14.8. The van der Waals surface area contributed by atoms with Crippen LogP contribution in [0.25, 0.3) is 6.08 Å². The average Bonchev–Trinajstić information content (AvgIpc) is 2.83. The monoisotopic (exact) mass is 474 g/mol. The largest absolute Gasteiger partial charge is 0.423 e. The smallest absolute Gasteiger partial charge is 0.343 e. The quantitative estimate of drug-likeness (QED) is 0.248. The molecule has 1 aliphatic rings. The van der Waals surface area contributed by atoms with Crippen molar-refractivity contribution in [2.24, 2.45) is 0 Å². The number of esters is 1. The van der Waals surface area contributed by atoms with Gasteiger partial charge >= 0.3 is 12.0 Å². The van der Waals surface area contributed by atoms with Gasteiger partial charge in [-0.3, -0.25) is 14.9 Å². The van der Waals surface area contributed by atoms with E-state index in [4.69, 9.17) is 16.3 Å². The van der Waals surface area contributed by atoms with Crippen molar-refractivity contribution in [2.45, 2.75) is 13.3 Å². The number of rotatable bonds is 5. The van der Waals surface area contributed by atoms with Gasteiger partial charge in [-0.2, -0.15) is 0 Å². The molecule has 0 saturated carbocycles. The van der Waals surface area contributed by atoms with Crippen LogP contribution in [-0.4, -0.2) is 23.8 Å². The van der Waals surface area contributed by atoms with Crippen LogP contribution in [0, 0.1) is 0 Å². The van der Waals surface area contributed by atoms with Crippen molar-refractivity contribution in [3.05, 3.63) is 100 Å². The molecule has 1 saturated heterocycles. The third-order valence-electron chi connectivity index (χ3n) is 5.16. The summed E-state index contributed by atoms with van der Waals surface area (Å²) in [6, 6.07) is 18.7. The summed E-state index contributed by atoms with van der Waals surface area (Å²) in [6.45, 7) is 1.99. The van der Waals surface area contributed by atoms with E-state index >= 15 is 0 Å². The van der Waals surface area contributed by atoms with Crippen LogP contribution in [0.1, 0.15) is 28.4 Å². The van der Waals surface area contributed by atoms with Crippen LogP contribution in [0.3, 0.4) is 0 Å². The molecule has 0 aliphatic carbocycles. The van der Waals surface area contributed by atoms with Crippen LogP contribution < -0.4 is 15.0 Å². The van der Waals surface area contributed by atoms with Crippen molar-refractivity contribution < 1.29 is 23.9 Å². The number of ether oxygens (including phenoxy) is 1. The summed E-state index contributed by atoms with van der Waals surface area (Å²) in [7, 11) is 0. The van der Waals surface area contributed by atoms with E-state index in [1.54, 1.807) is 54.6 Å². The fourth-order valence-electron chi connectivity index (χ4n) is 3.36. The van der Waals surface area contributed by atoms with E-state index in [-0.39, 0.29) is 11.3 Å². The van der Waals surface area contributed by atoms with E-state index in [1.165, 1.54) is 12.1 Å². The molecule has 0 unspecified atom stereocenters. The lowest BCUT2D eigenvalue weighted by atomic mass is 10.1. The van der Waals surface area contributed by atoms with E-state index in [1.807, 2.05) is 19.1 Å². The van der Waals surface area contributed by atoms with Gasteiger partial charge in [-0.15, -0.1) is 0 Å². The number of benzene rings is 3. The number of carbonyl (C=O) groups excluding carboxylic acids is 4. The third kappa shape index (κ3) is 4.89. The van der Waals surface area contributed by atoms with E-state index < -0.39 is 23.8 Å². The molecule has 1 fully saturated rings. The van der Waals surface area contributed by atoms with Gasteiger partial charge < -0.3 is 4.74 Å². The highest BCUT2D eigenvalue weighted by Crippen LogP contribution is 2.24. The Morgan fingerprint density at radius 2 is 1.71 bits per heavy atom. The first-order valence-electron chi connectivity index (χ1n) is 10.4. The van der Waals surface area contributed by atoms with Gasteiger partial charge in [-0.05, 0) is 72.2 Å². The van der Waals surface area contributed by atoms with E-state index in [2.05, 4.69) is 5.32 Å². The minimum absolute atomic E-state index is 0.222. The third-order valence-corrected chi connectivity index (χ3v) is 5.42. The molecule has 3 aromatic rings. The van der Waals surface area contributed by atoms with Crippen molar-refractivity contribution in [3.8, 4) is 5.75 Å². The maximum atomic E-state index is 13.1. The summed E-state index contributed by atoms with van der Waals surface area (Å²) in [5, 5.41) is 2.69. The van der Waals surface area contributed by atoms with Gasteiger partial charge in [0.1, 0.15) is 11.3 Å². The first kappa shape index (κ1) is 22.9. The number of anilines is 1. The summed E-state index contributed by atoms with van der Waals surface area (Å²) in [5.74, 6) is -1.91. The highest BCUT2D eigenvalue weighted by Gasteiger charge is 2.36. The molecule has 3 aromatic carbocycles. The zero-order valence-corrected chi connectivity index (χ0v) is 18.8. The number of halogens is 1. The predicted octanol–water partition coefficient (Wildman–Crippen LogP) is 4.79. The molecular formula is C26H19ClN2O5. The summed E-state index contributed by atoms with van der Waals surface area (Å²) >= 11 is 5.84. The zero-order chi connectivity index (χ0) is 24.2. The molecule has 1 N–H and O–H groups in total. The fourth-order valence-corrected chi connectivity index (χ4v) is 3.49. The summed E-state index contributed by atoms with van der Waals surface area (Å²) in [4.78, 5) is 51.2. The molecule has 34 heavy (non-hydrogen) atoms. The van der Waals surface area contributed by atoms with Crippen LogP contribution in [0.2, 0.25) is 5.02 Å². The van der Waals surface area contributed by atoms with Crippen molar-refractivity contribution in [1.29, 1.82) is 0 Å². The van der Waals surface area contributed by atoms with Crippen LogP contribution in [0.4, 0.5) is 10.5 Å². The van der Waals surface area contributed by atoms with Crippen LogP contribution in [0.15, 0.2) is 78.4 Å². The number of urea groups is 1. The number of nitrogens with one attached hydrogen (secondary N) is 1. The first-order valence-corrected chi connectivity index (χ1v) is 10.8. The minimum Gasteiger partial charge on any atom is -0.423 e. The lowest BCUT2D eigenvalue weighted by Crippen LogP contribution is -2.54. The van der Waals surface area contributed by atoms with Gasteiger partial charge in [-0.25, -0.2) is 14.5 Å². The molecule has 170 valence electrons. The second-order valence-corrected chi connectivity index (χ2v) is 7.88. The maximum Gasteiger partial charge on any atom is 0.343 e. The second kappa shape index (κ2) is 9.72. The molecule has 1 heterocycles. The van der Waals surface area contributed by atoms with Crippen molar-refractivity contribution in [1.82, 2.24) is 5.32 Å². The number of hydrogen-bond donors (Lipinski definition) is 1. The highest BCUT2D eigenvalue weighted by molar-refractivity contribution is 6.39. The SMILES string of the molecule is CCc1ccc(N2C(=O)NC(=O)C(=Cc3cccc(OC(=O)c4ccc(Cl)cc4)c3)C2=O)cc1. The number of aryl methyl sites for hydroxylation is 1. The number of barbiturate groups is 1. The highest BCUT2D eigenvalue weighted by atomic mass is 35.5. The van der Waals surface area contributed by atoms with Gasteiger partial charge in [0.05, 0.1) is 11.3 Å². The molecule has 1 aliphatic heterocycles. The van der Waals surface area contributed by atoms with Crippen LogP contribution in [0.5, 0.6) is 5.75 Å². The Kier molecular flexibility index (Phi) is 6.56. The van der Waals surface area contributed by atoms with Gasteiger partial charge in [-0.1, -0.05) is 42.8 Å². The van der Waals surface area contributed by atoms with Gasteiger partial charge in [0.2, 0.25) is 0 Å². The molecule has 0 spiro atoms. The van der Waals surface area contributed by atoms with Gasteiger partial charge in [0.15, 0.2) is 0 Å². The molecule has 0 bridgehead atoms. The van der Waals surface area contributed by atoms with Crippen molar-refractivity contribution in [2.75, 3.05) is 4.90 Å². The Balaban J connectivity index is 1.59. The molecule has 4 amide bonds. The molecule has 0 aromatic heterocycles. The van der Waals surface area contributed by atoms with Crippen LogP contribution in [-0.2, 0) is 16.0 Å². The van der Waals surface area contributed by atoms with E-state index in [0.29, 0.717) is 21.8 Å². The number of hydrogen-bond acceptors (Lipinski definition) is 5. The number of imide groups is 2. The Bertz CT molecular complexity index is 1310. The summed E-state index contributed by atoms with van der Waals surface area (Å²) < 4.78 is 5.39. The zero-order valence-electron chi connectivity index (χ0n) is 18.1. The molecule has 0 radical (unpaired) electrons. The number of nitrogens with zero attached hydrogens (tertiary/aromatic N) is 1. The minimum atomic E-state index is -0.818. The fraction of sp³-hybridized carbons (Fsp3) is 0.0769. The van der Waals surface area contributed by atoms with E-state index in [0.717, 1.165) is 16.9 Å². The topological polar surface area (TPSA) is 92.8 Å². The molecule has 8 heteroatoms.